The number of nitrogens with zero attached hydrogens (tertiary/aromatic N) is 4. The van der Waals surface area contributed by atoms with Crippen molar-refractivity contribution in [3.05, 3.63) is 65.5 Å². The molecule has 2 aromatic carbocycles. The van der Waals surface area contributed by atoms with Crippen molar-refractivity contribution in [1.82, 2.24) is 31.1 Å². The number of carbonyl (C=O) groups is 2. The molecule has 0 aliphatic carbocycles. The smallest absolute Gasteiger partial charge is 0.262 e. The first kappa shape index (κ1) is 20.8. The molecule has 1 heterocycles. The van der Waals surface area contributed by atoms with Crippen LogP contribution >= 0.6 is 0 Å². The Labute approximate surface area is 173 Å². The third-order valence-corrected chi connectivity index (χ3v) is 4.05. The summed E-state index contributed by atoms with van der Waals surface area (Å²) < 4.78 is 5.52. The van der Waals surface area contributed by atoms with Crippen molar-refractivity contribution in [2.45, 2.75) is 27.0 Å². The highest BCUT2D eigenvalue weighted by Gasteiger charge is 2.10. The summed E-state index contributed by atoms with van der Waals surface area (Å²) in [5.74, 6) is 0.159. The number of hydrazine groups is 1. The fraction of sp³-hybridized carbons (Fsp3) is 0.250. The molecule has 10 nitrogen and oxygen atoms in total. The number of ether oxygens (including phenoxy) is 1. The second-order valence-corrected chi connectivity index (χ2v) is 6.61. The number of para-hydroxylation sites is 1. The molecule has 30 heavy (non-hydrogen) atoms. The molecule has 0 aliphatic rings. The topological polar surface area (TPSA) is 123 Å². The van der Waals surface area contributed by atoms with Gasteiger partial charge in [-0.1, -0.05) is 35.9 Å². The standard InChI is InChI=1S/C20H23N7O3/c1-14-8-9-17(15(2)10-14)21-11-19(28)23-24-20(29)12-27-25-18(22-26-27)13-30-16-6-4-3-5-7-16/h3-10,21H,11-13H2,1-2H3,(H,23,28)(H,24,29). The Morgan fingerprint density at radius 2 is 1.80 bits per heavy atom. The van der Waals surface area contributed by atoms with Crippen molar-refractivity contribution in [2.24, 2.45) is 0 Å². The first-order valence-electron chi connectivity index (χ1n) is 9.33. The zero-order valence-electron chi connectivity index (χ0n) is 16.8. The number of amides is 2. The number of rotatable bonds is 8. The summed E-state index contributed by atoms with van der Waals surface area (Å²) in [6.07, 6.45) is 0. The van der Waals surface area contributed by atoms with Crippen molar-refractivity contribution >= 4 is 17.5 Å². The molecule has 3 aromatic rings. The zero-order valence-corrected chi connectivity index (χ0v) is 16.8. The molecule has 0 saturated carbocycles. The number of carbonyl (C=O) groups excluding carboxylic acids is 2. The molecule has 0 spiro atoms. The van der Waals surface area contributed by atoms with Crippen LogP contribution in [0.25, 0.3) is 0 Å². The second kappa shape index (κ2) is 10.0. The number of anilines is 1. The number of benzene rings is 2. The molecule has 3 rings (SSSR count). The van der Waals surface area contributed by atoms with Crippen LogP contribution in [-0.2, 0) is 22.7 Å². The van der Waals surface area contributed by atoms with E-state index in [9.17, 15) is 9.59 Å². The van der Waals surface area contributed by atoms with E-state index in [0.717, 1.165) is 21.6 Å². The van der Waals surface area contributed by atoms with Crippen LogP contribution in [0.15, 0.2) is 48.5 Å². The predicted octanol–water partition coefficient (Wildman–Crippen LogP) is 1.13. The van der Waals surface area contributed by atoms with Crippen LogP contribution < -0.4 is 20.9 Å². The van der Waals surface area contributed by atoms with Gasteiger partial charge in [0.25, 0.3) is 11.8 Å². The molecule has 1 aromatic heterocycles. The SMILES string of the molecule is Cc1ccc(NCC(=O)NNC(=O)Cn2nnc(COc3ccccc3)n2)c(C)c1. The molecule has 3 N–H and O–H groups in total. The number of nitrogens with one attached hydrogen (secondary N) is 3. The molecular formula is C20H23N7O3. The number of aryl methyl sites for hydroxylation is 2. The minimum atomic E-state index is -0.484. The molecule has 0 bridgehead atoms. The van der Waals surface area contributed by atoms with E-state index in [1.54, 1.807) is 0 Å². The zero-order chi connectivity index (χ0) is 21.3. The summed E-state index contributed by atoms with van der Waals surface area (Å²) in [5, 5.41) is 14.7. The number of hydrogen-bond acceptors (Lipinski definition) is 7. The molecule has 0 aliphatic heterocycles. The van der Waals surface area contributed by atoms with Crippen molar-refractivity contribution in [2.75, 3.05) is 11.9 Å². The minimum absolute atomic E-state index is 0.0206. The first-order chi connectivity index (χ1) is 14.5. The van der Waals surface area contributed by atoms with Crippen LogP contribution in [0, 0.1) is 13.8 Å². The van der Waals surface area contributed by atoms with E-state index in [4.69, 9.17) is 4.74 Å². The van der Waals surface area contributed by atoms with Crippen LogP contribution in [0.4, 0.5) is 5.69 Å². The molecule has 156 valence electrons. The Balaban J connectivity index is 1.38. The Hall–Kier alpha value is -3.95. The second-order valence-electron chi connectivity index (χ2n) is 6.61. The van der Waals surface area contributed by atoms with Crippen molar-refractivity contribution in [3.63, 3.8) is 0 Å². The quantitative estimate of drug-likeness (QED) is 0.477. The van der Waals surface area contributed by atoms with Gasteiger partial charge in [0, 0.05) is 5.69 Å². The largest absolute Gasteiger partial charge is 0.485 e. The first-order valence-corrected chi connectivity index (χ1v) is 9.33. The van der Waals surface area contributed by atoms with Crippen LogP contribution in [0.3, 0.4) is 0 Å². The van der Waals surface area contributed by atoms with Gasteiger partial charge in [-0.3, -0.25) is 20.4 Å². The third kappa shape index (κ3) is 6.30. The van der Waals surface area contributed by atoms with Crippen LogP contribution in [0.2, 0.25) is 0 Å². The Bertz CT molecular complexity index is 1000. The fourth-order valence-electron chi connectivity index (χ4n) is 2.60. The number of aromatic nitrogens is 4. The molecule has 0 saturated heterocycles. The third-order valence-electron chi connectivity index (χ3n) is 4.05. The maximum Gasteiger partial charge on any atom is 0.262 e. The molecular weight excluding hydrogens is 386 g/mol. The summed E-state index contributed by atoms with van der Waals surface area (Å²) in [6.45, 7) is 3.92. The lowest BCUT2D eigenvalue weighted by Gasteiger charge is -2.11. The minimum Gasteiger partial charge on any atom is -0.485 e. The van der Waals surface area contributed by atoms with Crippen LogP contribution in [0.1, 0.15) is 17.0 Å². The van der Waals surface area contributed by atoms with E-state index < -0.39 is 5.91 Å². The van der Waals surface area contributed by atoms with Crippen molar-refractivity contribution in [1.29, 1.82) is 0 Å². The van der Waals surface area contributed by atoms with Crippen molar-refractivity contribution < 1.29 is 14.3 Å². The molecule has 2 amide bonds. The average molecular weight is 409 g/mol. The van der Waals surface area contributed by atoms with E-state index in [0.29, 0.717) is 11.6 Å². The van der Waals surface area contributed by atoms with Gasteiger partial charge >= 0.3 is 0 Å². The predicted molar refractivity (Wildman–Crippen MR) is 109 cm³/mol. The number of hydrogen-bond donors (Lipinski definition) is 3. The van der Waals surface area contributed by atoms with Crippen molar-refractivity contribution in [3.8, 4) is 5.75 Å². The Morgan fingerprint density at radius 1 is 1.03 bits per heavy atom. The maximum atomic E-state index is 12.0. The van der Waals surface area contributed by atoms with Gasteiger partial charge in [-0.05, 0) is 42.8 Å². The van der Waals surface area contributed by atoms with E-state index in [-0.39, 0.29) is 25.6 Å². The lowest BCUT2D eigenvalue weighted by Crippen LogP contribution is -2.45. The molecule has 0 radical (unpaired) electrons. The Morgan fingerprint density at radius 3 is 2.57 bits per heavy atom. The highest BCUT2D eigenvalue weighted by atomic mass is 16.5. The van der Waals surface area contributed by atoms with E-state index in [1.165, 1.54) is 0 Å². The lowest BCUT2D eigenvalue weighted by molar-refractivity contribution is -0.128. The van der Waals surface area contributed by atoms with Gasteiger partial charge in [0.15, 0.2) is 6.61 Å². The van der Waals surface area contributed by atoms with Crippen LogP contribution in [-0.4, -0.2) is 38.6 Å². The maximum absolute atomic E-state index is 12.0. The highest BCUT2D eigenvalue weighted by Crippen LogP contribution is 2.15. The van der Waals surface area contributed by atoms with E-state index in [1.807, 2.05) is 62.4 Å². The average Bonchev–Trinajstić information content (AvgIpc) is 3.18. The summed E-state index contributed by atoms with van der Waals surface area (Å²) in [6, 6.07) is 15.1. The van der Waals surface area contributed by atoms with Gasteiger partial charge in [-0.2, -0.15) is 4.80 Å². The van der Waals surface area contributed by atoms with Gasteiger partial charge in [0.05, 0.1) is 6.54 Å². The summed E-state index contributed by atoms with van der Waals surface area (Å²) in [4.78, 5) is 25.0. The summed E-state index contributed by atoms with van der Waals surface area (Å²) in [7, 11) is 0. The lowest BCUT2D eigenvalue weighted by atomic mass is 10.1. The summed E-state index contributed by atoms with van der Waals surface area (Å²) in [5.41, 5.74) is 7.71. The molecule has 0 fully saturated rings. The molecule has 0 atom stereocenters. The normalized spacial score (nSPS) is 10.3. The highest BCUT2D eigenvalue weighted by molar-refractivity contribution is 5.84. The fourth-order valence-corrected chi connectivity index (χ4v) is 2.60. The monoisotopic (exact) mass is 409 g/mol. The van der Waals surface area contributed by atoms with Gasteiger partial charge in [0.1, 0.15) is 12.3 Å². The van der Waals surface area contributed by atoms with Gasteiger partial charge < -0.3 is 10.1 Å². The Kier molecular flexibility index (Phi) is 6.93. The van der Waals surface area contributed by atoms with Gasteiger partial charge in [-0.25, -0.2) is 0 Å². The summed E-state index contributed by atoms with van der Waals surface area (Å²) >= 11 is 0. The number of tetrazole rings is 1. The van der Waals surface area contributed by atoms with Crippen LogP contribution in [0.5, 0.6) is 5.75 Å². The van der Waals surface area contributed by atoms with E-state index in [2.05, 4.69) is 31.6 Å². The van der Waals surface area contributed by atoms with Gasteiger partial charge in [0.2, 0.25) is 5.82 Å². The van der Waals surface area contributed by atoms with Gasteiger partial charge in [-0.15, -0.1) is 10.2 Å². The molecule has 0 unspecified atom stereocenters. The molecule has 10 heteroatoms. The van der Waals surface area contributed by atoms with E-state index >= 15 is 0 Å².